The van der Waals surface area contributed by atoms with Gasteiger partial charge in [0.05, 0.1) is 21.8 Å². The molecule has 0 aliphatic heterocycles. The fraction of sp³-hybridized carbons (Fsp3) is 0. The molecule has 27 heavy (non-hydrogen) atoms. The smallest absolute Gasteiger partial charge is 0.335 e. The molecule has 0 heterocycles. The van der Waals surface area contributed by atoms with Crippen LogP contribution in [0.1, 0.15) is 10.4 Å². The molecular weight excluding hydrogens is 366 g/mol. The summed E-state index contributed by atoms with van der Waals surface area (Å²) in [6.45, 7) is 0. The van der Waals surface area contributed by atoms with Crippen molar-refractivity contribution in [1.29, 1.82) is 0 Å². The van der Waals surface area contributed by atoms with Crippen LogP contribution in [-0.2, 0) is 10.0 Å². The van der Waals surface area contributed by atoms with Gasteiger partial charge in [0.25, 0.3) is 0 Å². The van der Waals surface area contributed by atoms with E-state index in [1.54, 1.807) is 30.3 Å². The van der Waals surface area contributed by atoms with Crippen molar-refractivity contribution < 1.29 is 18.3 Å². The van der Waals surface area contributed by atoms with Crippen molar-refractivity contribution in [1.82, 2.24) is 0 Å². The van der Waals surface area contributed by atoms with Gasteiger partial charge in [-0.3, -0.25) is 0 Å². The number of carbonyl (C=O) groups is 1. The lowest BCUT2D eigenvalue weighted by Crippen LogP contribution is -2.11. The monoisotopic (exact) mass is 383 g/mol. The van der Waals surface area contributed by atoms with Crippen molar-refractivity contribution in [3.8, 4) is 11.1 Å². The number of hydrogen-bond acceptors (Lipinski definition) is 5. The number of nitrogens with one attached hydrogen (secondary N) is 1. The first-order valence-electron chi connectivity index (χ1n) is 7.87. The van der Waals surface area contributed by atoms with Gasteiger partial charge in [-0.15, -0.1) is 0 Å². The number of primary sulfonamides is 1. The quantitative estimate of drug-likeness (QED) is 0.500. The van der Waals surface area contributed by atoms with Gasteiger partial charge < -0.3 is 16.2 Å². The molecule has 0 bridgehead atoms. The maximum atomic E-state index is 11.6. The average molecular weight is 383 g/mol. The predicted octanol–water partition coefficient (Wildman–Crippen LogP) is 3.03. The first-order valence-corrected chi connectivity index (χ1v) is 9.42. The molecule has 3 aromatic rings. The summed E-state index contributed by atoms with van der Waals surface area (Å²) in [7, 11) is -3.80. The lowest BCUT2D eigenvalue weighted by molar-refractivity contribution is 0.0697. The summed E-state index contributed by atoms with van der Waals surface area (Å²) in [5.41, 5.74) is 9.01. The number of carboxylic acids is 1. The van der Waals surface area contributed by atoms with Crippen LogP contribution in [0, 0.1) is 0 Å². The average Bonchev–Trinajstić information content (AvgIpc) is 2.63. The maximum Gasteiger partial charge on any atom is 0.335 e. The van der Waals surface area contributed by atoms with Crippen LogP contribution in [0.3, 0.4) is 0 Å². The van der Waals surface area contributed by atoms with E-state index in [-0.39, 0.29) is 10.5 Å². The molecule has 0 aromatic heterocycles. The van der Waals surface area contributed by atoms with E-state index in [0.717, 1.165) is 5.56 Å². The van der Waals surface area contributed by atoms with Crippen LogP contribution < -0.4 is 16.2 Å². The minimum absolute atomic E-state index is 0.0248. The van der Waals surface area contributed by atoms with Crippen molar-refractivity contribution in [3.63, 3.8) is 0 Å². The molecule has 6 N–H and O–H groups in total. The van der Waals surface area contributed by atoms with E-state index in [2.05, 4.69) is 5.32 Å². The molecule has 0 aliphatic rings. The van der Waals surface area contributed by atoms with E-state index in [1.807, 2.05) is 6.07 Å². The number of sulfonamides is 1. The molecule has 0 spiro atoms. The molecule has 0 unspecified atom stereocenters. The van der Waals surface area contributed by atoms with Crippen LogP contribution >= 0.6 is 0 Å². The lowest BCUT2D eigenvalue weighted by atomic mass is 10.0. The Hall–Kier alpha value is -3.36. The summed E-state index contributed by atoms with van der Waals surface area (Å²) in [6, 6.07) is 17.9. The Morgan fingerprint density at radius 2 is 1.59 bits per heavy atom. The molecule has 0 atom stereocenters. The number of rotatable bonds is 5. The van der Waals surface area contributed by atoms with E-state index >= 15 is 0 Å². The van der Waals surface area contributed by atoms with Crippen molar-refractivity contribution in [2.75, 3.05) is 11.1 Å². The Bertz CT molecular complexity index is 1130. The lowest BCUT2D eigenvalue weighted by Gasteiger charge is -2.12. The molecule has 0 amide bonds. The van der Waals surface area contributed by atoms with Gasteiger partial charge in [0, 0.05) is 5.69 Å². The van der Waals surface area contributed by atoms with Gasteiger partial charge in [0.15, 0.2) is 0 Å². The SMILES string of the molecule is Nc1ccc(C(=O)O)cc1Nc1cccc(-c2cccc(S(N)(=O)=O)c2)c1. The molecule has 0 aliphatic carbocycles. The predicted molar refractivity (Wildman–Crippen MR) is 104 cm³/mol. The van der Waals surface area contributed by atoms with Gasteiger partial charge in [0.2, 0.25) is 10.0 Å². The zero-order valence-electron chi connectivity index (χ0n) is 14.1. The third-order valence-corrected chi connectivity index (χ3v) is 4.85. The van der Waals surface area contributed by atoms with Crippen molar-refractivity contribution in [2.24, 2.45) is 5.14 Å². The zero-order chi connectivity index (χ0) is 19.6. The highest BCUT2D eigenvalue weighted by molar-refractivity contribution is 7.89. The second-order valence-corrected chi connectivity index (χ2v) is 7.45. The molecule has 0 radical (unpaired) electrons. The third-order valence-electron chi connectivity index (χ3n) is 3.94. The largest absolute Gasteiger partial charge is 0.478 e. The summed E-state index contributed by atoms with van der Waals surface area (Å²) in [6.07, 6.45) is 0. The number of nitrogens with two attached hydrogens (primary N) is 2. The van der Waals surface area contributed by atoms with Crippen LogP contribution in [0.25, 0.3) is 11.1 Å². The van der Waals surface area contributed by atoms with Gasteiger partial charge in [-0.25, -0.2) is 18.4 Å². The second kappa shape index (κ2) is 7.10. The number of anilines is 3. The van der Waals surface area contributed by atoms with E-state index < -0.39 is 16.0 Å². The Kier molecular flexibility index (Phi) is 4.85. The van der Waals surface area contributed by atoms with Gasteiger partial charge >= 0.3 is 5.97 Å². The number of nitrogen functional groups attached to an aromatic ring is 1. The van der Waals surface area contributed by atoms with Crippen molar-refractivity contribution >= 4 is 33.1 Å². The van der Waals surface area contributed by atoms with Gasteiger partial charge in [0.1, 0.15) is 0 Å². The van der Waals surface area contributed by atoms with Gasteiger partial charge in [-0.05, 0) is 53.6 Å². The summed E-state index contributed by atoms with van der Waals surface area (Å²) < 4.78 is 23.1. The van der Waals surface area contributed by atoms with E-state index in [9.17, 15) is 13.2 Å². The molecule has 7 nitrogen and oxygen atoms in total. The standard InChI is InChI=1S/C19H17N3O4S/c20-17-8-7-14(19(23)24)11-18(17)22-15-5-1-3-12(9-15)13-4-2-6-16(10-13)27(21,25)26/h1-11,22H,20H2,(H,23,24)(H2,21,25,26). The fourth-order valence-corrected chi connectivity index (χ4v) is 3.14. The third kappa shape index (κ3) is 4.25. The summed E-state index contributed by atoms with van der Waals surface area (Å²) in [4.78, 5) is 11.2. The van der Waals surface area contributed by atoms with Gasteiger partial charge in [-0.1, -0.05) is 24.3 Å². The fourth-order valence-electron chi connectivity index (χ4n) is 2.58. The Morgan fingerprint density at radius 3 is 2.26 bits per heavy atom. The Morgan fingerprint density at radius 1 is 0.926 bits per heavy atom. The number of aromatic carboxylic acids is 1. The molecule has 3 aromatic carbocycles. The number of carboxylic acid groups (broad SMARTS) is 1. The minimum Gasteiger partial charge on any atom is -0.478 e. The molecule has 0 saturated carbocycles. The molecule has 138 valence electrons. The maximum absolute atomic E-state index is 11.6. The van der Waals surface area contributed by atoms with Crippen LogP contribution in [0.2, 0.25) is 0 Å². The van der Waals surface area contributed by atoms with Crippen LogP contribution in [0.5, 0.6) is 0 Å². The molecule has 8 heteroatoms. The molecule has 0 fully saturated rings. The topological polar surface area (TPSA) is 136 Å². The minimum atomic E-state index is -3.80. The molecular formula is C19H17N3O4S. The normalized spacial score (nSPS) is 11.1. The highest BCUT2D eigenvalue weighted by Crippen LogP contribution is 2.28. The van der Waals surface area contributed by atoms with Crippen molar-refractivity contribution in [3.05, 3.63) is 72.3 Å². The number of benzene rings is 3. The summed E-state index contributed by atoms with van der Waals surface area (Å²) in [5, 5.41) is 17.4. The van der Waals surface area contributed by atoms with E-state index in [4.69, 9.17) is 16.0 Å². The van der Waals surface area contributed by atoms with Gasteiger partial charge in [-0.2, -0.15) is 0 Å². The second-order valence-electron chi connectivity index (χ2n) is 5.89. The molecule has 0 saturated heterocycles. The van der Waals surface area contributed by atoms with Crippen LogP contribution in [0.15, 0.2) is 71.6 Å². The Labute approximate surface area is 156 Å². The number of hydrogen-bond donors (Lipinski definition) is 4. The van der Waals surface area contributed by atoms with Crippen LogP contribution in [0.4, 0.5) is 17.1 Å². The van der Waals surface area contributed by atoms with Crippen LogP contribution in [-0.4, -0.2) is 19.5 Å². The first kappa shape index (κ1) is 18.4. The highest BCUT2D eigenvalue weighted by Gasteiger charge is 2.10. The Balaban J connectivity index is 1.96. The van der Waals surface area contributed by atoms with E-state index in [0.29, 0.717) is 22.6 Å². The van der Waals surface area contributed by atoms with E-state index in [1.165, 1.54) is 30.3 Å². The van der Waals surface area contributed by atoms with Crippen molar-refractivity contribution in [2.45, 2.75) is 4.90 Å². The summed E-state index contributed by atoms with van der Waals surface area (Å²) >= 11 is 0. The highest BCUT2D eigenvalue weighted by atomic mass is 32.2. The first-order chi connectivity index (χ1) is 12.7. The zero-order valence-corrected chi connectivity index (χ0v) is 14.9. The summed E-state index contributed by atoms with van der Waals surface area (Å²) in [5.74, 6) is -1.05. The molecule has 3 rings (SSSR count).